The van der Waals surface area contributed by atoms with Gasteiger partial charge in [0.1, 0.15) is 0 Å². The van der Waals surface area contributed by atoms with Gasteiger partial charge in [-0.25, -0.2) is 0 Å². The summed E-state index contributed by atoms with van der Waals surface area (Å²) in [6.45, 7) is 5.25. The predicted octanol–water partition coefficient (Wildman–Crippen LogP) is 4.72. The lowest BCUT2D eigenvalue weighted by Gasteiger charge is -2.18. The van der Waals surface area contributed by atoms with E-state index < -0.39 is 0 Å². The van der Waals surface area contributed by atoms with Gasteiger partial charge in [0, 0.05) is 29.7 Å². The first kappa shape index (κ1) is 13.9. The minimum absolute atomic E-state index is 0.403. The second-order valence-corrected chi connectivity index (χ2v) is 5.61. The predicted molar refractivity (Wildman–Crippen MR) is 89.3 cm³/mol. The van der Waals surface area contributed by atoms with E-state index in [9.17, 15) is 0 Å². The Morgan fingerprint density at radius 2 is 1.86 bits per heavy atom. The SMILES string of the molecule is CCC(NCc1cccc2[nH]ccc12)c1ccc(C)cc1. The molecule has 0 aliphatic carbocycles. The van der Waals surface area contributed by atoms with Gasteiger partial charge in [-0.1, -0.05) is 48.9 Å². The number of rotatable bonds is 5. The van der Waals surface area contributed by atoms with Crippen molar-refractivity contribution in [1.82, 2.24) is 10.3 Å². The van der Waals surface area contributed by atoms with Crippen LogP contribution in [0.15, 0.2) is 54.7 Å². The van der Waals surface area contributed by atoms with Crippen molar-refractivity contribution < 1.29 is 0 Å². The summed E-state index contributed by atoms with van der Waals surface area (Å²) in [5, 5.41) is 5.00. The average molecular weight is 278 g/mol. The molecule has 0 spiro atoms. The van der Waals surface area contributed by atoms with Crippen LogP contribution < -0.4 is 5.32 Å². The van der Waals surface area contributed by atoms with Crippen LogP contribution in [0.5, 0.6) is 0 Å². The molecule has 0 aliphatic rings. The van der Waals surface area contributed by atoms with Gasteiger partial charge >= 0.3 is 0 Å². The number of aromatic amines is 1. The molecule has 2 nitrogen and oxygen atoms in total. The minimum Gasteiger partial charge on any atom is -0.361 e. The summed E-state index contributed by atoms with van der Waals surface area (Å²) in [6, 6.07) is 17.8. The topological polar surface area (TPSA) is 27.8 Å². The number of nitrogens with one attached hydrogen (secondary N) is 2. The summed E-state index contributed by atoms with van der Waals surface area (Å²) in [6.07, 6.45) is 3.09. The number of hydrogen-bond donors (Lipinski definition) is 2. The van der Waals surface area contributed by atoms with Gasteiger partial charge in [-0.15, -0.1) is 0 Å². The Balaban J connectivity index is 1.76. The lowest BCUT2D eigenvalue weighted by Crippen LogP contribution is -2.20. The maximum Gasteiger partial charge on any atom is 0.0457 e. The van der Waals surface area contributed by atoms with Crippen LogP contribution in [0, 0.1) is 6.92 Å². The van der Waals surface area contributed by atoms with E-state index in [4.69, 9.17) is 0 Å². The van der Waals surface area contributed by atoms with Gasteiger partial charge in [-0.3, -0.25) is 0 Å². The summed E-state index contributed by atoms with van der Waals surface area (Å²) >= 11 is 0. The number of aromatic nitrogens is 1. The van der Waals surface area contributed by atoms with Crippen molar-refractivity contribution in [1.29, 1.82) is 0 Å². The third-order valence-electron chi connectivity index (χ3n) is 4.11. The maximum absolute atomic E-state index is 3.69. The van der Waals surface area contributed by atoms with Crippen LogP contribution in [-0.2, 0) is 6.54 Å². The number of fused-ring (bicyclic) bond motifs is 1. The number of hydrogen-bond acceptors (Lipinski definition) is 1. The largest absolute Gasteiger partial charge is 0.361 e. The van der Waals surface area contributed by atoms with Crippen LogP contribution in [0.25, 0.3) is 10.9 Å². The van der Waals surface area contributed by atoms with E-state index in [2.05, 4.69) is 72.7 Å². The Morgan fingerprint density at radius 3 is 2.62 bits per heavy atom. The lowest BCUT2D eigenvalue weighted by molar-refractivity contribution is 0.520. The van der Waals surface area contributed by atoms with Crippen LogP contribution in [0.2, 0.25) is 0 Å². The van der Waals surface area contributed by atoms with E-state index in [1.54, 1.807) is 0 Å². The summed E-state index contributed by atoms with van der Waals surface area (Å²) in [5.74, 6) is 0. The molecule has 2 heteroatoms. The van der Waals surface area contributed by atoms with Gasteiger partial charge < -0.3 is 10.3 Å². The fraction of sp³-hybridized carbons (Fsp3) is 0.263. The first-order valence-corrected chi connectivity index (χ1v) is 7.63. The zero-order valence-corrected chi connectivity index (χ0v) is 12.7. The second-order valence-electron chi connectivity index (χ2n) is 5.61. The highest BCUT2D eigenvalue weighted by Gasteiger charge is 2.09. The Kier molecular flexibility index (Phi) is 4.07. The van der Waals surface area contributed by atoms with Crippen LogP contribution in [0.4, 0.5) is 0 Å². The van der Waals surface area contributed by atoms with E-state index in [0.29, 0.717) is 6.04 Å². The Labute approximate surface area is 126 Å². The lowest BCUT2D eigenvalue weighted by atomic mass is 10.0. The highest BCUT2D eigenvalue weighted by Crippen LogP contribution is 2.21. The van der Waals surface area contributed by atoms with Crippen molar-refractivity contribution in [3.05, 3.63) is 71.4 Å². The first-order chi connectivity index (χ1) is 10.3. The molecule has 1 aromatic heterocycles. The molecule has 0 aliphatic heterocycles. The molecule has 3 aromatic rings. The Bertz CT molecular complexity index is 710. The van der Waals surface area contributed by atoms with E-state index in [1.165, 1.54) is 27.6 Å². The molecule has 1 unspecified atom stereocenters. The highest BCUT2D eigenvalue weighted by molar-refractivity contribution is 5.82. The van der Waals surface area contributed by atoms with Crippen molar-refractivity contribution in [2.24, 2.45) is 0 Å². The van der Waals surface area contributed by atoms with E-state index >= 15 is 0 Å². The zero-order chi connectivity index (χ0) is 14.7. The number of H-pyrrole nitrogens is 1. The monoisotopic (exact) mass is 278 g/mol. The van der Waals surface area contributed by atoms with Crippen LogP contribution >= 0.6 is 0 Å². The Morgan fingerprint density at radius 1 is 1.05 bits per heavy atom. The molecule has 2 aromatic carbocycles. The highest BCUT2D eigenvalue weighted by atomic mass is 14.9. The fourth-order valence-corrected chi connectivity index (χ4v) is 2.83. The van der Waals surface area contributed by atoms with E-state index in [-0.39, 0.29) is 0 Å². The van der Waals surface area contributed by atoms with Crippen LogP contribution in [-0.4, -0.2) is 4.98 Å². The van der Waals surface area contributed by atoms with Crippen molar-refractivity contribution in [2.75, 3.05) is 0 Å². The molecule has 0 saturated heterocycles. The summed E-state index contributed by atoms with van der Waals surface area (Å²) in [5.41, 5.74) is 5.23. The van der Waals surface area contributed by atoms with Gasteiger partial charge in [0.2, 0.25) is 0 Å². The molecule has 0 amide bonds. The minimum atomic E-state index is 0.403. The average Bonchev–Trinajstić information content (AvgIpc) is 2.99. The Hall–Kier alpha value is -2.06. The molecule has 21 heavy (non-hydrogen) atoms. The molecule has 0 radical (unpaired) electrons. The van der Waals surface area contributed by atoms with Crippen LogP contribution in [0.1, 0.15) is 36.1 Å². The molecule has 2 N–H and O–H groups in total. The molecule has 108 valence electrons. The first-order valence-electron chi connectivity index (χ1n) is 7.63. The van der Waals surface area contributed by atoms with Crippen molar-refractivity contribution in [3.63, 3.8) is 0 Å². The smallest absolute Gasteiger partial charge is 0.0457 e. The van der Waals surface area contributed by atoms with Crippen molar-refractivity contribution >= 4 is 10.9 Å². The van der Waals surface area contributed by atoms with Crippen LogP contribution in [0.3, 0.4) is 0 Å². The molecule has 1 heterocycles. The summed E-state index contributed by atoms with van der Waals surface area (Å²) in [7, 11) is 0. The zero-order valence-electron chi connectivity index (χ0n) is 12.7. The third-order valence-corrected chi connectivity index (χ3v) is 4.11. The number of aryl methyl sites for hydroxylation is 1. The quantitative estimate of drug-likeness (QED) is 0.694. The standard InChI is InChI=1S/C19H22N2/c1-3-18(15-9-7-14(2)8-10-15)21-13-16-5-4-6-19-17(16)11-12-20-19/h4-12,18,20-21H,3,13H2,1-2H3. The van der Waals surface area contributed by atoms with E-state index in [1.807, 2.05) is 6.20 Å². The molecular weight excluding hydrogens is 256 g/mol. The summed E-state index contributed by atoms with van der Waals surface area (Å²) < 4.78 is 0. The molecule has 0 saturated carbocycles. The number of benzene rings is 2. The third kappa shape index (κ3) is 3.01. The van der Waals surface area contributed by atoms with Gasteiger partial charge in [0.25, 0.3) is 0 Å². The molecule has 0 fully saturated rings. The molecule has 1 atom stereocenters. The van der Waals surface area contributed by atoms with Gasteiger partial charge in [-0.05, 0) is 36.6 Å². The van der Waals surface area contributed by atoms with Gasteiger partial charge in [0.15, 0.2) is 0 Å². The molecule has 3 rings (SSSR count). The van der Waals surface area contributed by atoms with Gasteiger partial charge in [-0.2, -0.15) is 0 Å². The van der Waals surface area contributed by atoms with Crippen molar-refractivity contribution in [3.8, 4) is 0 Å². The maximum atomic E-state index is 3.69. The fourth-order valence-electron chi connectivity index (χ4n) is 2.83. The molecular formula is C19H22N2. The van der Waals surface area contributed by atoms with Crippen molar-refractivity contribution in [2.45, 2.75) is 32.9 Å². The molecule has 0 bridgehead atoms. The summed E-state index contributed by atoms with van der Waals surface area (Å²) in [4.78, 5) is 3.27. The normalized spacial score (nSPS) is 12.7. The second kappa shape index (κ2) is 6.15. The van der Waals surface area contributed by atoms with Gasteiger partial charge in [0.05, 0.1) is 0 Å². The van der Waals surface area contributed by atoms with E-state index in [0.717, 1.165) is 13.0 Å².